The average Bonchev–Trinajstić information content (AvgIpc) is 3.09. The van der Waals surface area contributed by atoms with Crippen LogP contribution in [0.4, 0.5) is 10.2 Å². The van der Waals surface area contributed by atoms with Gasteiger partial charge in [-0.05, 0) is 25.8 Å². The van der Waals surface area contributed by atoms with Crippen LogP contribution in [0.15, 0.2) is 34.9 Å². The SMILES string of the molecule is Cc1cc(NC(=O)C2(c3ccccc3F)CCCC2)no1. The molecule has 0 unspecified atom stereocenters. The lowest BCUT2D eigenvalue weighted by Crippen LogP contribution is -2.38. The number of anilines is 1. The van der Waals surface area contributed by atoms with Crippen molar-refractivity contribution in [2.75, 3.05) is 5.32 Å². The van der Waals surface area contributed by atoms with E-state index in [2.05, 4.69) is 10.5 Å². The van der Waals surface area contributed by atoms with Crippen LogP contribution in [-0.2, 0) is 10.2 Å². The highest BCUT2D eigenvalue weighted by atomic mass is 19.1. The van der Waals surface area contributed by atoms with Gasteiger partial charge in [0.05, 0.1) is 5.41 Å². The Balaban J connectivity index is 1.94. The van der Waals surface area contributed by atoms with Crippen LogP contribution in [0.1, 0.15) is 37.0 Å². The monoisotopic (exact) mass is 288 g/mol. The number of nitrogens with zero attached hydrogens (tertiary/aromatic N) is 1. The van der Waals surface area contributed by atoms with Crippen molar-refractivity contribution < 1.29 is 13.7 Å². The maximum Gasteiger partial charge on any atom is 0.236 e. The molecule has 1 heterocycles. The van der Waals surface area contributed by atoms with Gasteiger partial charge in [-0.1, -0.05) is 36.2 Å². The van der Waals surface area contributed by atoms with Gasteiger partial charge in [0.25, 0.3) is 0 Å². The zero-order chi connectivity index (χ0) is 14.9. The van der Waals surface area contributed by atoms with E-state index < -0.39 is 5.41 Å². The molecule has 1 fully saturated rings. The molecule has 0 bridgehead atoms. The van der Waals surface area contributed by atoms with E-state index in [1.807, 2.05) is 0 Å². The molecule has 21 heavy (non-hydrogen) atoms. The second-order valence-electron chi connectivity index (χ2n) is 5.55. The van der Waals surface area contributed by atoms with Gasteiger partial charge in [0, 0.05) is 11.6 Å². The van der Waals surface area contributed by atoms with Crippen LogP contribution in [0.3, 0.4) is 0 Å². The van der Waals surface area contributed by atoms with E-state index in [1.165, 1.54) is 6.07 Å². The third-order valence-electron chi connectivity index (χ3n) is 4.15. The number of amides is 1. The first-order valence-electron chi connectivity index (χ1n) is 7.12. The summed E-state index contributed by atoms with van der Waals surface area (Å²) in [6.07, 6.45) is 3.13. The smallest absolute Gasteiger partial charge is 0.236 e. The van der Waals surface area contributed by atoms with Crippen molar-refractivity contribution in [3.8, 4) is 0 Å². The zero-order valence-corrected chi connectivity index (χ0v) is 11.9. The number of hydrogen-bond acceptors (Lipinski definition) is 3. The van der Waals surface area contributed by atoms with Gasteiger partial charge in [-0.25, -0.2) is 4.39 Å². The van der Waals surface area contributed by atoms with E-state index in [0.717, 1.165) is 12.8 Å². The summed E-state index contributed by atoms with van der Waals surface area (Å²) < 4.78 is 19.1. The number of halogens is 1. The number of nitrogens with one attached hydrogen (secondary N) is 1. The van der Waals surface area contributed by atoms with Crippen molar-refractivity contribution in [3.63, 3.8) is 0 Å². The highest BCUT2D eigenvalue weighted by Crippen LogP contribution is 2.43. The van der Waals surface area contributed by atoms with Gasteiger partial charge in [0.1, 0.15) is 11.6 Å². The summed E-state index contributed by atoms with van der Waals surface area (Å²) in [4.78, 5) is 12.7. The van der Waals surface area contributed by atoms with Crippen molar-refractivity contribution in [1.29, 1.82) is 0 Å². The molecule has 0 saturated heterocycles. The molecule has 0 aliphatic heterocycles. The quantitative estimate of drug-likeness (QED) is 0.939. The minimum Gasteiger partial charge on any atom is -0.360 e. The van der Waals surface area contributed by atoms with Gasteiger partial charge in [0.15, 0.2) is 5.82 Å². The van der Waals surface area contributed by atoms with Gasteiger partial charge in [0.2, 0.25) is 5.91 Å². The molecule has 1 N–H and O–H groups in total. The molecule has 1 aliphatic rings. The Morgan fingerprint density at radius 2 is 2.05 bits per heavy atom. The standard InChI is InChI=1S/C16H17FN2O2/c1-11-10-14(19-21-11)18-15(20)16(8-4-5-9-16)12-6-2-3-7-13(12)17/h2-3,6-7,10H,4-5,8-9H2,1H3,(H,18,19,20). The van der Waals surface area contributed by atoms with Gasteiger partial charge in [-0.15, -0.1) is 0 Å². The second kappa shape index (κ2) is 5.31. The fourth-order valence-electron chi connectivity index (χ4n) is 3.11. The van der Waals surface area contributed by atoms with Crippen LogP contribution in [-0.4, -0.2) is 11.1 Å². The lowest BCUT2D eigenvalue weighted by atomic mass is 9.77. The molecule has 3 rings (SSSR count). The molecule has 1 amide bonds. The minimum absolute atomic E-state index is 0.210. The molecule has 1 aromatic carbocycles. The van der Waals surface area contributed by atoms with Crippen LogP contribution >= 0.6 is 0 Å². The Hall–Kier alpha value is -2.17. The number of rotatable bonds is 3. The lowest BCUT2D eigenvalue weighted by Gasteiger charge is -2.28. The summed E-state index contributed by atoms with van der Waals surface area (Å²) in [5.74, 6) is 0.459. The zero-order valence-electron chi connectivity index (χ0n) is 11.9. The normalized spacial score (nSPS) is 16.9. The fraction of sp³-hybridized carbons (Fsp3) is 0.375. The van der Waals surface area contributed by atoms with Crippen LogP contribution in [0.25, 0.3) is 0 Å². The highest BCUT2D eigenvalue weighted by Gasteiger charge is 2.44. The van der Waals surface area contributed by atoms with Crippen LogP contribution < -0.4 is 5.32 Å². The molecule has 0 atom stereocenters. The van der Waals surface area contributed by atoms with Crippen LogP contribution in [0, 0.1) is 12.7 Å². The number of aryl methyl sites for hydroxylation is 1. The predicted molar refractivity (Wildman–Crippen MR) is 76.4 cm³/mol. The minimum atomic E-state index is -0.807. The lowest BCUT2D eigenvalue weighted by molar-refractivity contribution is -0.121. The number of carbonyl (C=O) groups is 1. The van der Waals surface area contributed by atoms with Crippen molar-refractivity contribution >= 4 is 11.7 Å². The summed E-state index contributed by atoms with van der Waals surface area (Å²) in [5.41, 5.74) is -0.335. The fourth-order valence-corrected chi connectivity index (χ4v) is 3.11. The largest absolute Gasteiger partial charge is 0.360 e. The molecule has 110 valence electrons. The number of hydrogen-bond donors (Lipinski definition) is 1. The average molecular weight is 288 g/mol. The maximum atomic E-state index is 14.2. The third-order valence-corrected chi connectivity index (χ3v) is 4.15. The molecule has 2 aromatic rings. The molecule has 1 aliphatic carbocycles. The van der Waals surface area contributed by atoms with Gasteiger partial charge < -0.3 is 9.84 Å². The number of benzene rings is 1. The second-order valence-corrected chi connectivity index (χ2v) is 5.55. The Labute approximate surface area is 122 Å². The van der Waals surface area contributed by atoms with E-state index in [0.29, 0.717) is 30.0 Å². The summed E-state index contributed by atoms with van der Waals surface area (Å²) in [5, 5.41) is 6.53. The summed E-state index contributed by atoms with van der Waals surface area (Å²) >= 11 is 0. The molecular formula is C16H17FN2O2. The van der Waals surface area contributed by atoms with E-state index in [9.17, 15) is 9.18 Å². The maximum absolute atomic E-state index is 14.2. The Kier molecular flexibility index (Phi) is 3.49. The van der Waals surface area contributed by atoms with Crippen LogP contribution in [0.2, 0.25) is 0 Å². The Bertz CT molecular complexity index is 660. The Morgan fingerprint density at radius 3 is 2.67 bits per heavy atom. The first-order chi connectivity index (χ1) is 10.1. The topological polar surface area (TPSA) is 55.1 Å². The van der Waals surface area contributed by atoms with Crippen LogP contribution in [0.5, 0.6) is 0 Å². The predicted octanol–water partition coefficient (Wildman–Crippen LogP) is 3.57. The molecule has 1 saturated carbocycles. The van der Waals surface area contributed by atoms with E-state index in [4.69, 9.17) is 4.52 Å². The third kappa shape index (κ3) is 2.44. The van der Waals surface area contributed by atoms with Gasteiger partial charge in [-0.3, -0.25) is 4.79 Å². The summed E-state index contributed by atoms with van der Waals surface area (Å²) in [6.45, 7) is 1.75. The number of aromatic nitrogens is 1. The van der Waals surface area contributed by atoms with E-state index in [-0.39, 0.29) is 11.7 Å². The summed E-state index contributed by atoms with van der Waals surface area (Å²) in [7, 11) is 0. The molecular weight excluding hydrogens is 271 g/mol. The molecule has 0 radical (unpaired) electrons. The molecule has 0 spiro atoms. The van der Waals surface area contributed by atoms with Gasteiger partial charge >= 0.3 is 0 Å². The highest BCUT2D eigenvalue weighted by molar-refractivity contribution is 5.98. The molecule has 5 heteroatoms. The van der Waals surface area contributed by atoms with E-state index in [1.54, 1.807) is 31.2 Å². The Morgan fingerprint density at radius 1 is 1.33 bits per heavy atom. The van der Waals surface area contributed by atoms with Crippen molar-refractivity contribution in [2.24, 2.45) is 0 Å². The summed E-state index contributed by atoms with van der Waals surface area (Å²) in [6, 6.07) is 8.17. The van der Waals surface area contributed by atoms with Crippen molar-refractivity contribution in [2.45, 2.75) is 38.0 Å². The van der Waals surface area contributed by atoms with Crippen molar-refractivity contribution in [1.82, 2.24) is 5.16 Å². The van der Waals surface area contributed by atoms with Crippen molar-refractivity contribution in [3.05, 3.63) is 47.5 Å². The van der Waals surface area contributed by atoms with E-state index >= 15 is 0 Å². The number of carbonyl (C=O) groups excluding carboxylic acids is 1. The molecule has 4 nitrogen and oxygen atoms in total. The van der Waals surface area contributed by atoms with Gasteiger partial charge in [-0.2, -0.15) is 0 Å². The molecule has 1 aromatic heterocycles. The first-order valence-corrected chi connectivity index (χ1v) is 7.12. The first kappa shape index (κ1) is 13.8.